The normalized spacial score (nSPS) is 19.0. The van der Waals surface area contributed by atoms with Gasteiger partial charge in [0.25, 0.3) is 0 Å². The lowest BCUT2D eigenvalue weighted by molar-refractivity contribution is 0.444. The van der Waals surface area contributed by atoms with Crippen molar-refractivity contribution < 1.29 is 0 Å². The average Bonchev–Trinajstić information content (AvgIpc) is 2.35. The van der Waals surface area contributed by atoms with Crippen LogP contribution in [0.2, 0.25) is 5.15 Å². The van der Waals surface area contributed by atoms with Gasteiger partial charge in [-0.3, -0.25) is 0 Å². The second-order valence-electron chi connectivity index (χ2n) is 6.90. The number of anilines is 2. The van der Waals surface area contributed by atoms with Gasteiger partial charge < -0.3 is 15.5 Å². The van der Waals surface area contributed by atoms with Gasteiger partial charge in [0.15, 0.2) is 5.11 Å². The van der Waals surface area contributed by atoms with Crippen LogP contribution >= 0.6 is 23.8 Å². The molecule has 1 aliphatic heterocycles. The van der Waals surface area contributed by atoms with E-state index < -0.39 is 0 Å². The highest BCUT2D eigenvalue weighted by atomic mass is 35.5. The fourth-order valence-electron chi connectivity index (χ4n) is 2.49. The molecule has 2 rings (SSSR count). The van der Waals surface area contributed by atoms with E-state index in [9.17, 15) is 0 Å². The fourth-order valence-corrected chi connectivity index (χ4v) is 3.07. The van der Waals surface area contributed by atoms with Crippen molar-refractivity contribution in [2.24, 2.45) is 5.92 Å². The van der Waals surface area contributed by atoms with Gasteiger partial charge >= 0.3 is 0 Å². The summed E-state index contributed by atoms with van der Waals surface area (Å²) >= 11 is 11.4. The van der Waals surface area contributed by atoms with E-state index in [1.807, 2.05) is 26.8 Å². The maximum Gasteiger partial charge on any atom is 0.232 e. The van der Waals surface area contributed by atoms with E-state index in [0.717, 1.165) is 18.9 Å². The third kappa shape index (κ3) is 5.25. The first-order valence-electron chi connectivity index (χ1n) is 7.61. The molecule has 2 heterocycles. The molecule has 1 fully saturated rings. The number of halogens is 1. The van der Waals surface area contributed by atoms with E-state index in [0.29, 0.717) is 22.1 Å². The zero-order chi connectivity index (χ0) is 16.3. The molecule has 1 aliphatic rings. The van der Waals surface area contributed by atoms with Crippen LogP contribution in [0.5, 0.6) is 0 Å². The van der Waals surface area contributed by atoms with Crippen molar-refractivity contribution in [2.75, 3.05) is 23.3 Å². The van der Waals surface area contributed by atoms with E-state index in [-0.39, 0.29) is 5.54 Å². The van der Waals surface area contributed by atoms with E-state index in [1.54, 1.807) is 0 Å². The van der Waals surface area contributed by atoms with E-state index >= 15 is 0 Å². The summed E-state index contributed by atoms with van der Waals surface area (Å²) in [6, 6.07) is 1.81. The molecule has 0 unspecified atom stereocenters. The quantitative estimate of drug-likeness (QED) is 0.634. The Bertz CT molecular complexity index is 543. The molecule has 1 atom stereocenters. The molecule has 0 amide bonds. The van der Waals surface area contributed by atoms with E-state index in [2.05, 4.69) is 32.4 Å². The van der Waals surface area contributed by atoms with Gasteiger partial charge in [-0.05, 0) is 51.7 Å². The van der Waals surface area contributed by atoms with Crippen LogP contribution in [0.1, 0.15) is 40.5 Å². The van der Waals surface area contributed by atoms with Crippen LogP contribution in [-0.4, -0.2) is 33.7 Å². The summed E-state index contributed by atoms with van der Waals surface area (Å²) in [5.74, 6) is 1.96. The predicted octanol–water partition coefficient (Wildman–Crippen LogP) is 3.45. The molecule has 0 aliphatic carbocycles. The molecule has 1 aromatic rings. The largest absolute Gasteiger partial charge is 0.358 e. The maximum atomic E-state index is 6.14. The van der Waals surface area contributed by atoms with Gasteiger partial charge in [0.2, 0.25) is 5.95 Å². The first-order valence-corrected chi connectivity index (χ1v) is 8.40. The van der Waals surface area contributed by atoms with Crippen LogP contribution in [0.4, 0.5) is 11.8 Å². The molecule has 122 valence electrons. The highest BCUT2D eigenvalue weighted by Gasteiger charge is 2.19. The van der Waals surface area contributed by atoms with Crippen molar-refractivity contribution in [2.45, 2.75) is 46.1 Å². The first-order chi connectivity index (χ1) is 10.2. The Morgan fingerprint density at radius 1 is 1.41 bits per heavy atom. The van der Waals surface area contributed by atoms with Crippen LogP contribution < -0.4 is 15.5 Å². The smallest absolute Gasteiger partial charge is 0.232 e. The Morgan fingerprint density at radius 3 is 2.77 bits per heavy atom. The number of hydrogen-bond donors (Lipinski definition) is 2. The van der Waals surface area contributed by atoms with Crippen LogP contribution in [0.25, 0.3) is 0 Å². The first kappa shape index (κ1) is 17.2. The van der Waals surface area contributed by atoms with Gasteiger partial charge in [-0.25, -0.2) is 4.98 Å². The molecule has 0 aromatic carbocycles. The Balaban J connectivity index is 2.11. The average molecular weight is 342 g/mol. The summed E-state index contributed by atoms with van der Waals surface area (Å²) in [5, 5.41) is 7.11. The molecule has 0 saturated carbocycles. The molecular weight excluding hydrogens is 318 g/mol. The third-order valence-corrected chi connectivity index (χ3v) is 3.77. The second-order valence-corrected chi connectivity index (χ2v) is 7.69. The topological polar surface area (TPSA) is 53.1 Å². The number of nitrogens with one attached hydrogen (secondary N) is 2. The minimum atomic E-state index is -0.117. The number of thiocarbonyl (C=S) groups is 1. The van der Waals surface area contributed by atoms with Crippen molar-refractivity contribution in [1.82, 2.24) is 15.3 Å². The van der Waals surface area contributed by atoms with Gasteiger partial charge in [0, 0.05) is 24.7 Å². The molecule has 7 heteroatoms. The zero-order valence-electron chi connectivity index (χ0n) is 13.6. The number of hydrogen-bond acceptors (Lipinski definition) is 4. The van der Waals surface area contributed by atoms with E-state index in [4.69, 9.17) is 23.8 Å². The minimum Gasteiger partial charge on any atom is -0.358 e. The lowest BCUT2D eigenvalue weighted by atomic mass is 10.0. The monoisotopic (exact) mass is 341 g/mol. The second kappa shape index (κ2) is 6.96. The number of nitrogens with zero attached hydrogens (tertiary/aromatic N) is 3. The summed E-state index contributed by atoms with van der Waals surface area (Å²) < 4.78 is 0. The Hall–Kier alpha value is -1.14. The summed E-state index contributed by atoms with van der Waals surface area (Å²) in [4.78, 5) is 11.0. The molecule has 22 heavy (non-hydrogen) atoms. The molecule has 0 spiro atoms. The number of rotatable bonds is 2. The van der Waals surface area contributed by atoms with Gasteiger partial charge in [0.1, 0.15) is 11.0 Å². The molecular formula is C15H24ClN5S. The summed E-state index contributed by atoms with van der Waals surface area (Å²) in [6.45, 7) is 10.4. The number of piperidine rings is 1. The zero-order valence-corrected chi connectivity index (χ0v) is 15.2. The molecule has 2 N–H and O–H groups in total. The maximum absolute atomic E-state index is 6.14. The van der Waals surface area contributed by atoms with Crippen molar-refractivity contribution in [3.8, 4) is 0 Å². The van der Waals surface area contributed by atoms with Crippen molar-refractivity contribution in [3.63, 3.8) is 0 Å². The number of aromatic nitrogens is 2. The minimum absolute atomic E-state index is 0.117. The van der Waals surface area contributed by atoms with Crippen LogP contribution in [0.15, 0.2) is 6.07 Å². The molecule has 1 saturated heterocycles. The standard InChI is InChI=1S/C15H24ClN5S/c1-10-6-5-7-21(9-10)12-8-11(16)17-13(18-12)19-14(22)20-15(2,3)4/h8,10H,5-7,9H2,1-4H3,(H2,17,18,19,20,22)/t10-/m1/s1. The van der Waals surface area contributed by atoms with Crippen molar-refractivity contribution in [1.29, 1.82) is 0 Å². The highest BCUT2D eigenvalue weighted by Crippen LogP contribution is 2.24. The lowest BCUT2D eigenvalue weighted by Crippen LogP contribution is -2.43. The summed E-state index contributed by atoms with van der Waals surface area (Å²) in [6.07, 6.45) is 2.44. The predicted molar refractivity (Wildman–Crippen MR) is 96.8 cm³/mol. The van der Waals surface area contributed by atoms with Crippen molar-refractivity contribution >= 4 is 40.7 Å². The Kier molecular flexibility index (Phi) is 5.45. The van der Waals surface area contributed by atoms with Gasteiger partial charge in [-0.15, -0.1) is 0 Å². The molecule has 1 aromatic heterocycles. The van der Waals surface area contributed by atoms with E-state index in [1.165, 1.54) is 12.8 Å². The van der Waals surface area contributed by atoms with Crippen molar-refractivity contribution in [3.05, 3.63) is 11.2 Å². The third-order valence-electron chi connectivity index (χ3n) is 3.38. The van der Waals surface area contributed by atoms with Crippen LogP contribution in [0, 0.1) is 5.92 Å². The lowest BCUT2D eigenvalue weighted by Gasteiger charge is -2.32. The molecule has 5 nitrogen and oxygen atoms in total. The highest BCUT2D eigenvalue weighted by molar-refractivity contribution is 7.80. The molecule has 0 radical (unpaired) electrons. The van der Waals surface area contributed by atoms with Gasteiger partial charge in [-0.2, -0.15) is 4.98 Å². The SMILES string of the molecule is C[C@@H]1CCCN(c2cc(Cl)nc(NC(=S)NC(C)(C)C)n2)C1. The fraction of sp³-hybridized carbons (Fsp3) is 0.667. The van der Waals surface area contributed by atoms with Crippen LogP contribution in [0.3, 0.4) is 0 Å². The summed E-state index contributed by atoms with van der Waals surface area (Å²) in [5.41, 5.74) is -0.117. The Morgan fingerprint density at radius 2 is 2.14 bits per heavy atom. The van der Waals surface area contributed by atoms with Gasteiger partial charge in [-0.1, -0.05) is 18.5 Å². The Labute approximate surface area is 142 Å². The summed E-state index contributed by atoms with van der Waals surface area (Å²) in [7, 11) is 0. The molecule has 0 bridgehead atoms. The van der Waals surface area contributed by atoms with Gasteiger partial charge in [0.05, 0.1) is 0 Å². The van der Waals surface area contributed by atoms with Crippen LogP contribution in [-0.2, 0) is 0 Å².